The lowest BCUT2D eigenvalue weighted by atomic mass is 10.4. The highest BCUT2D eigenvalue weighted by Gasteiger charge is 2.30. The molecule has 0 aliphatic rings. The predicted octanol–water partition coefficient (Wildman–Crippen LogP) is 2.50. The number of aromatic carboxylic acids is 1. The van der Waals surface area contributed by atoms with Gasteiger partial charge in [0.25, 0.3) is 0 Å². The number of hydrogen-bond donors (Lipinski definition) is 2. The van der Waals surface area contributed by atoms with E-state index >= 15 is 0 Å². The van der Waals surface area contributed by atoms with Crippen molar-refractivity contribution in [2.75, 3.05) is 4.31 Å². The molecule has 0 bridgehead atoms. The number of hydrogen-bond acceptors (Lipinski definition) is 6. The molecule has 0 amide bonds. The number of aromatic nitrogens is 1. The summed E-state index contributed by atoms with van der Waals surface area (Å²) in [6.45, 7) is 0. The third kappa shape index (κ3) is 2.87. The van der Waals surface area contributed by atoms with Gasteiger partial charge in [-0.25, -0.2) is 9.78 Å². The van der Waals surface area contributed by atoms with Gasteiger partial charge in [0.1, 0.15) is 10.0 Å². The van der Waals surface area contributed by atoms with Crippen LogP contribution in [0.4, 0.5) is 10.0 Å². The first-order valence-electron chi connectivity index (χ1n) is 4.50. The molecule has 2 N–H and O–H groups in total. The summed E-state index contributed by atoms with van der Waals surface area (Å²) < 4.78 is 32.9. The molecule has 2 aromatic heterocycles. The number of carbonyl (C=O) groups is 1. The van der Waals surface area contributed by atoms with Gasteiger partial charge in [0, 0.05) is 0 Å². The monoisotopic (exact) mass is 340 g/mol. The summed E-state index contributed by atoms with van der Waals surface area (Å²) >= 11 is 7.36. The zero-order chi connectivity index (χ0) is 14.2. The van der Waals surface area contributed by atoms with Crippen LogP contribution in [0.1, 0.15) is 10.5 Å². The standard InChI is InChI=1S/C8H5ClN2O5S3/c9-4-1-2-5(18-4)11(19(14,15)16)7-6(8(12)13)10-3-17-7/h1-3H,(H,12,13)(H,14,15,16). The molecule has 0 unspecified atom stereocenters. The van der Waals surface area contributed by atoms with E-state index in [9.17, 15) is 17.8 Å². The zero-order valence-corrected chi connectivity index (χ0v) is 12.1. The lowest BCUT2D eigenvalue weighted by Gasteiger charge is -2.16. The second kappa shape index (κ2) is 5.06. The lowest BCUT2D eigenvalue weighted by Crippen LogP contribution is -2.25. The number of nitrogens with zero attached hydrogens (tertiary/aromatic N) is 2. The number of carboxylic acids is 1. The molecule has 0 aliphatic carbocycles. The summed E-state index contributed by atoms with van der Waals surface area (Å²) in [4.78, 5) is 14.5. The molecule has 19 heavy (non-hydrogen) atoms. The minimum Gasteiger partial charge on any atom is -0.476 e. The molecule has 7 nitrogen and oxygen atoms in total. The van der Waals surface area contributed by atoms with Gasteiger partial charge in [0.15, 0.2) is 5.69 Å². The van der Waals surface area contributed by atoms with Crippen molar-refractivity contribution in [3.05, 3.63) is 27.7 Å². The second-order valence-electron chi connectivity index (χ2n) is 3.13. The van der Waals surface area contributed by atoms with Gasteiger partial charge >= 0.3 is 16.3 Å². The van der Waals surface area contributed by atoms with Crippen LogP contribution < -0.4 is 4.31 Å². The van der Waals surface area contributed by atoms with Crippen LogP contribution in [0.25, 0.3) is 0 Å². The van der Waals surface area contributed by atoms with Gasteiger partial charge in [-0.3, -0.25) is 4.55 Å². The molecule has 0 aliphatic heterocycles. The Bertz CT molecular complexity index is 722. The Balaban J connectivity index is 2.63. The minimum atomic E-state index is -4.69. The van der Waals surface area contributed by atoms with E-state index in [1.807, 2.05) is 0 Å². The Morgan fingerprint density at radius 2 is 2.11 bits per heavy atom. The van der Waals surface area contributed by atoms with Crippen LogP contribution in [0.5, 0.6) is 0 Å². The molecule has 102 valence electrons. The smallest absolute Gasteiger partial charge is 0.365 e. The van der Waals surface area contributed by atoms with Crippen LogP contribution in [0, 0.1) is 0 Å². The normalized spacial score (nSPS) is 11.5. The molecular formula is C8H5ClN2O5S3. The molecule has 0 aromatic carbocycles. The van der Waals surface area contributed by atoms with Crippen LogP contribution in [0.2, 0.25) is 4.34 Å². The summed E-state index contributed by atoms with van der Waals surface area (Å²) in [5, 5.41) is 8.79. The molecule has 2 heterocycles. The van der Waals surface area contributed by atoms with Gasteiger partial charge in [-0.05, 0) is 12.1 Å². The van der Waals surface area contributed by atoms with Crippen molar-refractivity contribution in [2.45, 2.75) is 0 Å². The first-order valence-corrected chi connectivity index (χ1v) is 7.97. The Labute approximate surface area is 120 Å². The molecule has 0 spiro atoms. The summed E-state index contributed by atoms with van der Waals surface area (Å²) in [6, 6.07) is 2.79. The fourth-order valence-corrected chi connectivity index (χ4v) is 4.36. The highest BCUT2D eigenvalue weighted by atomic mass is 35.5. The van der Waals surface area contributed by atoms with E-state index in [1.54, 1.807) is 0 Å². The topological polar surface area (TPSA) is 108 Å². The predicted molar refractivity (Wildman–Crippen MR) is 72.1 cm³/mol. The third-order valence-corrected chi connectivity index (χ3v) is 5.02. The van der Waals surface area contributed by atoms with Gasteiger partial charge < -0.3 is 5.11 Å². The molecule has 0 saturated carbocycles. The molecule has 2 rings (SSSR count). The second-order valence-corrected chi connectivity index (χ2v) is 6.92. The van der Waals surface area contributed by atoms with Crippen LogP contribution in [-0.4, -0.2) is 29.0 Å². The lowest BCUT2D eigenvalue weighted by molar-refractivity contribution is 0.0692. The third-order valence-electron chi connectivity index (χ3n) is 1.93. The number of thiophene rings is 1. The van der Waals surface area contributed by atoms with E-state index in [0.29, 0.717) is 8.64 Å². The highest BCUT2D eigenvalue weighted by Crippen LogP contribution is 2.39. The molecule has 0 atom stereocenters. The zero-order valence-electron chi connectivity index (χ0n) is 8.85. The fraction of sp³-hybridized carbons (Fsp3) is 0. The number of halogens is 1. The maximum Gasteiger partial charge on any atom is 0.365 e. The van der Waals surface area contributed by atoms with Crippen molar-refractivity contribution < 1.29 is 22.9 Å². The molecular weight excluding hydrogens is 336 g/mol. The van der Waals surface area contributed by atoms with Gasteiger partial charge in [-0.1, -0.05) is 11.6 Å². The average molecular weight is 341 g/mol. The molecule has 0 saturated heterocycles. The quantitative estimate of drug-likeness (QED) is 0.828. The van der Waals surface area contributed by atoms with Crippen molar-refractivity contribution in [1.82, 2.24) is 4.98 Å². The van der Waals surface area contributed by atoms with E-state index in [4.69, 9.17) is 16.7 Å². The largest absolute Gasteiger partial charge is 0.476 e. The maximum atomic E-state index is 11.4. The van der Waals surface area contributed by atoms with Crippen LogP contribution in [-0.2, 0) is 10.3 Å². The highest BCUT2D eigenvalue weighted by molar-refractivity contribution is 7.88. The van der Waals surface area contributed by atoms with Crippen molar-refractivity contribution in [3.63, 3.8) is 0 Å². The molecule has 11 heteroatoms. The van der Waals surface area contributed by atoms with Gasteiger partial charge in [0.05, 0.1) is 9.85 Å². The van der Waals surface area contributed by atoms with E-state index < -0.39 is 22.0 Å². The van der Waals surface area contributed by atoms with Crippen LogP contribution in [0.15, 0.2) is 17.6 Å². The van der Waals surface area contributed by atoms with Gasteiger partial charge in [-0.15, -0.1) is 22.7 Å². The van der Waals surface area contributed by atoms with Crippen molar-refractivity contribution >= 4 is 60.6 Å². The van der Waals surface area contributed by atoms with E-state index in [0.717, 1.165) is 22.7 Å². The number of thiazole rings is 1. The van der Waals surface area contributed by atoms with E-state index in [2.05, 4.69) is 4.98 Å². The summed E-state index contributed by atoms with van der Waals surface area (Å²) in [5.41, 5.74) is 0.707. The molecule has 2 aromatic rings. The summed E-state index contributed by atoms with van der Waals surface area (Å²) in [6.07, 6.45) is 0. The van der Waals surface area contributed by atoms with E-state index in [-0.39, 0.29) is 10.0 Å². The maximum absolute atomic E-state index is 11.4. The fourth-order valence-electron chi connectivity index (χ4n) is 1.26. The Kier molecular flexibility index (Phi) is 3.78. The Hall–Kier alpha value is -1.20. The number of carboxylic acid groups (broad SMARTS) is 1. The number of rotatable bonds is 4. The van der Waals surface area contributed by atoms with Crippen molar-refractivity contribution in [2.24, 2.45) is 0 Å². The first kappa shape index (κ1) is 14.2. The Morgan fingerprint density at radius 3 is 2.58 bits per heavy atom. The van der Waals surface area contributed by atoms with Crippen molar-refractivity contribution in [3.8, 4) is 0 Å². The van der Waals surface area contributed by atoms with E-state index in [1.165, 1.54) is 17.6 Å². The van der Waals surface area contributed by atoms with Gasteiger partial charge in [0.2, 0.25) is 0 Å². The summed E-state index contributed by atoms with van der Waals surface area (Å²) in [5.74, 6) is -1.40. The number of anilines is 2. The first-order chi connectivity index (χ1) is 8.80. The van der Waals surface area contributed by atoms with Gasteiger partial charge in [-0.2, -0.15) is 12.7 Å². The average Bonchev–Trinajstić information content (AvgIpc) is 2.86. The SMILES string of the molecule is O=C(O)c1ncsc1N(c1ccc(Cl)s1)S(=O)(=O)O. The van der Waals surface area contributed by atoms with Crippen LogP contribution in [0.3, 0.4) is 0 Å². The Morgan fingerprint density at radius 1 is 1.42 bits per heavy atom. The summed E-state index contributed by atoms with van der Waals surface area (Å²) in [7, 11) is -4.69. The minimum absolute atomic E-state index is 0.0688. The molecule has 0 fully saturated rings. The van der Waals surface area contributed by atoms with Crippen LogP contribution >= 0.6 is 34.3 Å². The van der Waals surface area contributed by atoms with Crippen molar-refractivity contribution in [1.29, 1.82) is 0 Å². The molecule has 0 radical (unpaired) electrons.